The molecule has 11 heavy (non-hydrogen) atoms. The fourth-order valence-electron chi connectivity index (χ4n) is 0.549. The van der Waals surface area contributed by atoms with E-state index in [1.165, 1.54) is 18.2 Å². The first-order valence-corrected chi connectivity index (χ1v) is 2.99. The summed E-state index contributed by atoms with van der Waals surface area (Å²) in [6.45, 7) is 6.71. The monoisotopic (exact) mass is 154 g/mol. The van der Waals surface area contributed by atoms with Crippen LogP contribution in [0.1, 0.15) is 0 Å². The maximum atomic E-state index is 10.2. The van der Waals surface area contributed by atoms with Crippen molar-refractivity contribution in [3.05, 3.63) is 37.0 Å². The summed E-state index contributed by atoms with van der Waals surface area (Å²) in [6.07, 6.45) is 2.56. The van der Waals surface area contributed by atoms with Crippen LogP contribution in [0.4, 0.5) is 0 Å². The highest BCUT2D eigenvalue weighted by Crippen LogP contribution is 2.03. The molecule has 0 rings (SSSR count). The normalized spacial score (nSPS) is 13.7. The minimum atomic E-state index is -1.51. The topological polar surface area (TPSA) is 57.5 Å². The lowest BCUT2D eigenvalue weighted by Gasteiger charge is -2.04. The zero-order valence-corrected chi connectivity index (χ0v) is 6.03. The lowest BCUT2D eigenvalue weighted by atomic mass is 10.1. The number of carboxylic acid groups (broad SMARTS) is 1. The first kappa shape index (κ1) is 9.65. The number of aliphatic carboxylic acids is 1. The first-order chi connectivity index (χ1) is 5.13. The smallest absolute Gasteiger partial charge is 0.337 e. The van der Waals surface area contributed by atoms with E-state index in [1.807, 2.05) is 0 Å². The third-order valence-corrected chi connectivity index (χ3v) is 1.10. The van der Waals surface area contributed by atoms with Gasteiger partial charge in [-0.05, 0) is 5.57 Å². The van der Waals surface area contributed by atoms with Gasteiger partial charge in [0, 0.05) is 0 Å². The van der Waals surface area contributed by atoms with Gasteiger partial charge in [0.2, 0.25) is 0 Å². The van der Waals surface area contributed by atoms with Crippen molar-refractivity contribution in [2.45, 2.75) is 6.10 Å². The van der Waals surface area contributed by atoms with Crippen LogP contribution < -0.4 is 0 Å². The Balaban J connectivity index is 4.50. The Hall–Kier alpha value is -1.35. The van der Waals surface area contributed by atoms with Crippen LogP contribution in [0.15, 0.2) is 37.0 Å². The Morgan fingerprint density at radius 2 is 2.00 bits per heavy atom. The van der Waals surface area contributed by atoms with Crippen molar-refractivity contribution < 1.29 is 15.0 Å². The van der Waals surface area contributed by atoms with Gasteiger partial charge in [0.25, 0.3) is 0 Å². The molecule has 0 bridgehead atoms. The van der Waals surface area contributed by atoms with Gasteiger partial charge in [-0.25, -0.2) is 4.79 Å². The molecule has 0 saturated carbocycles. The van der Waals surface area contributed by atoms with Gasteiger partial charge in [0.15, 0.2) is 6.10 Å². The predicted molar refractivity (Wildman–Crippen MR) is 42.1 cm³/mol. The van der Waals surface area contributed by atoms with Crippen LogP contribution in [0.25, 0.3) is 0 Å². The Morgan fingerprint density at radius 1 is 1.45 bits per heavy atom. The molecule has 60 valence electrons. The fraction of sp³-hybridized carbons (Fsp3) is 0.125. The van der Waals surface area contributed by atoms with Gasteiger partial charge in [-0.2, -0.15) is 0 Å². The van der Waals surface area contributed by atoms with Gasteiger partial charge in [-0.3, -0.25) is 0 Å². The molecule has 0 fully saturated rings. The molecule has 0 aliphatic heterocycles. The quantitative estimate of drug-likeness (QED) is 0.587. The fourth-order valence-corrected chi connectivity index (χ4v) is 0.549. The molecule has 0 aliphatic rings. The zero-order chi connectivity index (χ0) is 8.85. The number of hydrogen-bond donors (Lipinski definition) is 2. The molecule has 0 spiro atoms. The third kappa shape index (κ3) is 2.82. The van der Waals surface area contributed by atoms with Crippen LogP contribution in [-0.2, 0) is 4.79 Å². The number of allylic oxidation sites excluding steroid dienone is 2. The molecule has 0 aliphatic carbocycles. The second-order valence-corrected chi connectivity index (χ2v) is 1.85. The minimum absolute atomic E-state index is 0.229. The highest BCUT2D eigenvalue weighted by molar-refractivity contribution is 5.76. The van der Waals surface area contributed by atoms with Crippen molar-refractivity contribution in [2.75, 3.05) is 0 Å². The van der Waals surface area contributed by atoms with Gasteiger partial charge < -0.3 is 10.2 Å². The number of hydrogen-bond acceptors (Lipinski definition) is 2. The van der Waals surface area contributed by atoms with E-state index in [0.717, 1.165) is 0 Å². The molecule has 0 amide bonds. The van der Waals surface area contributed by atoms with Gasteiger partial charge in [-0.15, -0.1) is 0 Å². The highest BCUT2D eigenvalue weighted by Gasteiger charge is 2.14. The minimum Gasteiger partial charge on any atom is -0.479 e. The van der Waals surface area contributed by atoms with Crippen LogP contribution in [-0.4, -0.2) is 22.3 Å². The number of carboxylic acids is 1. The predicted octanol–water partition coefficient (Wildman–Crippen LogP) is 0.730. The van der Waals surface area contributed by atoms with E-state index in [2.05, 4.69) is 13.2 Å². The summed E-state index contributed by atoms with van der Waals surface area (Å²) in [5.74, 6) is -1.29. The molecule has 0 aromatic rings. The molecule has 1 atom stereocenters. The molecule has 0 heterocycles. The van der Waals surface area contributed by atoms with Crippen LogP contribution in [0.5, 0.6) is 0 Å². The molecule has 3 nitrogen and oxygen atoms in total. The van der Waals surface area contributed by atoms with Gasteiger partial charge in [-0.1, -0.05) is 31.4 Å². The molecule has 3 heteroatoms. The van der Waals surface area contributed by atoms with Gasteiger partial charge >= 0.3 is 5.97 Å². The van der Waals surface area contributed by atoms with E-state index in [4.69, 9.17) is 10.2 Å². The Kier molecular flexibility index (Phi) is 3.92. The summed E-state index contributed by atoms with van der Waals surface area (Å²) in [4.78, 5) is 10.2. The molecule has 0 unspecified atom stereocenters. The van der Waals surface area contributed by atoms with Crippen molar-refractivity contribution in [3.8, 4) is 0 Å². The second kappa shape index (κ2) is 4.46. The van der Waals surface area contributed by atoms with E-state index < -0.39 is 12.1 Å². The summed E-state index contributed by atoms with van der Waals surface area (Å²) in [5.41, 5.74) is 0.229. The maximum absolute atomic E-state index is 10.2. The summed E-state index contributed by atoms with van der Waals surface area (Å²) in [5, 5.41) is 17.3. The van der Waals surface area contributed by atoms with Crippen molar-refractivity contribution in [1.82, 2.24) is 0 Å². The maximum Gasteiger partial charge on any atom is 0.337 e. The standard InChI is InChI=1S/C8H10O3/c1-3-5-6(4-2)7(9)8(10)11/h3-5,7,9H,1-2H2,(H,10,11)/b6-5+/t7-/m1/s1. The van der Waals surface area contributed by atoms with Gasteiger partial charge in [0.05, 0.1) is 0 Å². The van der Waals surface area contributed by atoms with E-state index in [1.54, 1.807) is 0 Å². The SMILES string of the molecule is C=C/C=C(\C=C)[C@@H](O)C(=O)O. The number of rotatable bonds is 4. The van der Waals surface area contributed by atoms with Crippen molar-refractivity contribution in [1.29, 1.82) is 0 Å². The largest absolute Gasteiger partial charge is 0.479 e. The molecule has 0 saturated heterocycles. The first-order valence-electron chi connectivity index (χ1n) is 2.99. The molecular formula is C8H10O3. The number of aliphatic hydroxyl groups is 1. The third-order valence-electron chi connectivity index (χ3n) is 1.10. The molecular weight excluding hydrogens is 144 g/mol. The molecule has 0 radical (unpaired) electrons. The van der Waals surface area contributed by atoms with E-state index in [-0.39, 0.29) is 5.57 Å². The number of aliphatic hydroxyl groups excluding tert-OH is 1. The van der Waals surface area contributed by atoms with E-state index in [0.29, 0.717) is 0 Å². The molecule has 2 N–H and O–H groups in total. The number of carbonyl (C=O) groups is 1. The van der Waals surface area contributed by atoms with Gasteiger partial charge in [0.1, 0.15) is 0 Å². The lowest BCUT2D eigenvalue weighted by molar-refractivity contribution is -0.144. The summed E-state index contributed by atoms with van der Waals surface area (Å²) in [6, 6.07) is 0. The Morgan fingerprint density at radius 3 is 2.27 bits per heavy atom. The van der Waals surface area contributed by atoms with E-state index >= 15 is 0 Å². The lowest BCUT2D eigenvalue weighted by Crippen LogP contribution is -2.20. The van der Waals surface area contributed by atoms with Crippen molar-refractivity contribution >= 4 is 5.97 Å². The molecule has 0 aromatic carbocycles. The molecule has 0 aromatic heterocycles. The summed E-state index contributed by atoms with van der Waals surface area (Å²) < 4.78 is 0. The summed E-state index contributed by atoms with van der Waals surface area (Å²) in [7, 11) is 0. The van der Waals surface area contributed by atoms with E-state index in [9.17, 15) is 4.79 Å². The van der Waals surface area contributed by atoms with Crippen LogP contribution >= 0.6 is 0 Å². The van der Waals surface area contributed by atoms with Crippen LogP contribution in [0.3, 0.4) is 0 Å². The highest BCUT2D eigenvalue weighted by atomic mass is 16.4. The second-order valence-electron chi connectivity index (χ2n) is 1.85. The average Bonchev–Trinajstić information content (AvgIpc) is 1.98. The van der Waals surface area contributed by atoms with Crippen molar-refractivity contribution in [3.63, 3.8) is 0 Å². The average molecular weight is 154 g/mol. The van der Waals surface area contributed by atoms with Crippen LogP contribution in [0.2, 0.25) is 0 Å². The zero-order valence-electron chi connectivity index (χ0n) is 6.03. The van der Waals surface area contributed by atoms with Crippen molar-refractivity contribution in [2.24, 2.45) is 0 Å². The Labute approximate surface area is 65.0 Å². The Bertz CT molecular complexity index is 203. The van der Waals surface area contributed by atoms with Crippen LogP contribution in [0, 0.1) is 0 Å². The summed E-state index contributed by atoms with van der Waals surface area (Å²) >= 11 is 0.